The Morgan fingerprint density at radius 3 is 2.48 bits per heavy atom. The highest BCUT2D eigenvalue weighted by Crippen LogP contribution is 2.22. The molecule has 8 amide bonds. The number of nitrogens with zero attached hydrogens (tertiary/aromatic N) is 4. The molecule has 19 heteroatoms. The first-order chi connectivity index (χ1) is 18.9. The summed E-state index contributed by atoms with van der Waals surface area (Å²) >= 11 is 2.18. The summed E-state index contributed by atoms with van der Waals surface area (Å²) in [6.07, 6.45) is 0. The van der Waals surface area contributed by atoms with Gasteiger partial charge in [-0.1, -0.05) is 6.07 Å². The number of β-lactam (4-membered cyclic amide) rings is 1. The van der Waals surface area contributed by atoms with E-state index in [2.05, 4.69) is 19.7 Å². The van der Waals surface area contributed by atoms with Gasteiger partial charge in [0.05, 0.1) is 6.54 Å². The molecule has 4 rings (SSSR count). The zero-order valence-corrected chi connectivity index (χ0v) is 23.5. The molecule has 2 aliphatic rings. The van der Waals surface area contributed by atoms with Crippen molar-refractivity contribution in [2.24, 2.45) is 0 Å². The molecule has 0 bridgehead atoms. The smallest absolute Gasteiger partial charge is 0.339 e. The Labute approximate surface area is 236 Å². The van der Waals surface area contributed by atoms with Crippen LogP contribution in [0.4, 0.5) is 15.4 Å². The molecule has 0 aliphatic carbocycles. The molecule has 4 heterocycles. The largest absolute Gasteiger partial charge is 0.341 e. The van der Waals surface area contributed by atoms with Gasteiger partial charge in [0.15, 0.2) is 5.82 Å². The first kappa shape index (κ1) is 28.9. The number of imide groups is 2. The molecule has 0 spiro atoms. The minimum Gasteiger partial charge on any atom is -0.341 e. The fourth-order valence-corrected chi connectivity index (χ4v) is 5.92. The number of hydrogen-bond acceptors (Lipinski definition) is 11. The lowest BCUT2D eigenvalue weighted by Crippen LogP contribution is -2.68. The zero-order chi connectivity index (χ0) is 29.2. The number of piperazine rings is 1. The first-order valence-corrected chi connectivity index (χ1v) is 14.9. The second-order valence-electron chi connectivity index (χ2n) is 8.59. The standard InChI is InChI=1S/C21H24N8O8S3/c1-3-27-6-7-28(19(33)18(27)32)20(34)23-15(13-5-4-8-38-13)16(30)22-12-10-29(17(12)31)21(35)26-40(36,37)25-14-9-11(2)39-24-14/h4-5,8-9,12,15H,3,6-7,10H2,1-2H3,(H,22,30)(H,23,34)(H,24,25)(H,26,35)/t12-,15?/m1/s1. The summed E-state index contributed by atoms with van der Waals surface area (Å²) in [7, 11) is -4.38. The Balaban J connectivity index is 1.35. The molecule has 2 aromatic rings. The third-order valence-electron chi connectivity index (χ3n) is 5.87. The Morgan fingerprint density at radius 2 is 1.88 bits per heavy atom. The number of likely N-dealkylation sites (tertiary alicyclic amines) is 1. The summed E-state index contributed by atoms with van der Waals surface area (Å²) < 4.78 is 32.0. The van der Waals surface area contributed by atoms with Crippen molar-refractivity contribution < 1.29 is 37.2 Å². The Hall–Kier alpha value is -4.10. The molecule has 16 nitrogen and oxygen atoms in total. The van der Waals surface area contributed by atoms with E-state index in [0.717, 1.165) is 27.7 Å². The van der Waals surface area contributed by atoms with Gasteiger partial charge in [-0.3, -0.25) is 29.0 Å². The van der Waals surface area contributed by atoms with Gasteiger partial charge in [0.25, 0.3) is 5.91 Å². The van der Waals surface area contributed by atoms with E-state index in [1.807, 2.05) is 0 Å². The van der Waals surface area contributed by atoms with Crippen LogP contribution in [0.25, 0.3) is 0 Å². The van der Waals surface area contributed by atoms with E-state index < -0.39 is 58.0 Å². The minimum absolute atomic E-state index is 0.00264. The second kappa shape index (κ2) is 11.6. The first-order valence-electron chi connectivity index (χ1n) is 11.7. The van der Waals surface area contributed by atoms with Crippen LogP contribution < -0.4 is 20.1 Å². The number of aromatic nitrogens is 1. The summed E-state index contributed by atoms with van der Waals surface area (Å²) in [5.41, 5.74) is 0. The number of carbonyl (C=O) groups is 6. The van der Waals surface area contributed by atoms with E-state index in [0.29, 0.717) is 21.2 Å². The van der Waals surface area contributed by atoms with Gasteiger partial charge in [-0.05, 0) is 42.9 Å². The summed E-state index contributed by atoms with van der Waals surface area (Å²) in [6, 6.07) is -0.0444. The predicted molar refractivity (Wildman–Crippen MR) is 141 cm³/mol. The molecule has 40 heavy (non-hydrogen) atoms. The van der Waals surface area contributed by atoms with Crippen LogP contribution in [-0.4, -0.2) is 95.4 Å². The van der Waals surface area contributed by atoms with E-state index in [-0.39, 0.29) is 25.5 Å². The van der Waals surface area contributed by atoms with Gasteiger partial charge in [-0.2, -0.15) is 12.8 Å². The number of aryl methyl sites for hydroxylation is 1. The molecule has 214 valence electrons. The van der Waals surface area contributed by atoms with Gasteiger partial charge in [0, 0.05) is 29.4 Å². The van der Waals surface area contributed by atoms with E-state index in [4.69, 9.17) is 0 Å². The van der Waals surface area contributed by atoms with Crippen molar-refractivity contribution in [2.45, 2.75) is 25.9 Å². The van der Waals surface area contributed by atoms with Crippen LogP contribution in [0.2, 0.25) is 0 Å². The maximum Gasteiger partial charge on any atom is 0.339 e. The molecule has 0 saturated carbocycles. The van der Waals surface area contributed by atoms with Crippen LogP contribution >= 0.6 is 22.9 Å². The molecule has 2 saturated heterocycles. The zero-order valence-electron chi connectivity index (χ0n) is 21.1. The molecule has 2 aliphatic heterocycles. The van der Waals surface area contributed by atoms with E-state index >= 15 is 0 Å². The topological polar surface area (TPSA) is 207 Å². The highest BCUT2D eigenvalue weighted by atomic mass is 32.2. The molecule has 0 radical (unpaired) electrons. The maximum absolute atomic E-state index is 13.1. The molecular formula is C21H24N8O8S3. The number of hydrogen-bond donors (Lipinski definition) is 4. The van der Waals surface area contributed by atoms with Crippen LogP contribution in [0, 0.1) is 6.92 Å². The molecular weight excluding hydrogens is 588 g/mol. The second-order valence-corrected chi connectivity index (χ2v) is 12.0. The Kier molecular flexibility index (Phi) is 8.35. The van der Waals surface area contributed by atoms with Gasteiger partial charge in [-0.15, -0.1) is 11.3 Å². The SMILES string of the molecule is CCN1CCN(C(=O)NC(C(=O)N[C@@H]2CN(C(=O)NS(=O)(=O)Nc3cc(C)sn3)C2=O)c2cccs2)C(=O)C1=O. The fraction of sp³-hybridized carbons (Fsp3) is 0.381. The summed E-state index contributed by atoms with van der Waals surface area (Å²) in [4.78, 5) is 79.1. The molecule has 4 N–H and O–H groups in total. The number of anilines is 1. The third-order valence-corrected chi connectivity index (χ3v) is 8.43. The monoisotopic (exact) mass is 612 g/mol. The van der Waals surface area contributed by atoms with Crippen molar-refractivity contribution in [1.29, 1.82) is 0 Å². The van der Waals surface area contributed by atoms with Crippen LogP contribution in [0.15, 0.2) is 23.6 Å². The van der Waals surface area contributed by atoms with Gasteiger partial charge >= 0.3 is 34.1 Å². The molecule has 1 unspecified atom stereocenters. The van der Waals surface area contributed by atoms with E-state index in [9.17, 15) is 37.2 Å². The number of amides is 8. The third kappa shape index (κ3) is 6.20. The normalized spacial score (nSPS) is 18.2. The van der Waals surface area contributed by atoms with Gasteiger partial charge in [0.1, 0.15) is 12.1 Å². The number of thiophene rings is 1. The molecule has 2 fully saturated rings. The lowest BCUT2D eigenvalue weighted by molar-refractivity contribution is -0.153. The van der Waals surface area contributed by atoms with Crippen molar-refractivity contribution in [2.75, 3.05) is 30.9 Å². The summed E-state index contributed by atoms with van der Waals surface area (Å²) in [5, 5.41) is 6.50. The summed E-state index contributed by atoms with van der Waals surface area (Å²) in [5.74, 6) is -3.55. The number of nitrogens with one attached hydrogen (secondary N) is 4. The predicted octanol–water partition coefficient (Wildman–Crippen LogP) is -0.652. The van der Waals surface area contributed by atoms with Crippen LogP contribution in [0.5, 0.6) is 0 Å². The molecule has 2 aromatic heterocycles. The fourth-order valence-electron chi connectivity index (χ4n) is 3.81. The Bertz CT molecular complexity index is 1460. The molecule has 0 aromatic carbocycles. The average molecular weight is 613 g/mol. The van der Waals surface area contributed by atoms with E-state index in [1.54, 1.807) is 36.1 Å². The van der Waals surface area contributed by atoms with Gasteiger partial charge in [-0.25, -0.2) is 19.0 Å². The molecule has 2 atom stereocenters. The van der Waals surface area contributed by atoms with Gasteiger partial charge in [0.2, 0.25) is 5.91 Å². The highest BCUT2D eigenvalue weighted by molar-refractivity contribution is 7.91. The number of rotatable bonds is 8. The van der Waals surface area contributed by atoms with Gasteiger partial charge < -0.3 is 15.5 Å². The van der Waals surface area contributed by atoms with Crippen molar-refractivity contribution in [3.8, 4) is 0 Å². The number of urea groups is 2. The maximum atomic E-state index is 13.1. The quantitative estimate of drug-likeness (QED) is 0.220. The van der Waals surface area contributed by atoms with Crippen molar-refractivity contribution >= 4 is 74.6 Å². The van der Waals surface area contributed by atoms with Crippen LogP contribution in [-0.2, 0) is 29.4 Å². The Morgan fingerprint density at radius 1 is 1.12 bits per heavy atom. The minimum atomic E-state index is -4.38. The highest BCUT2D eigenvalue weighted by Gasteiger charge is 2.44. The van der Waals surface area contributed by atoms with Crippen molar-refractivity contribution in [3.05, 3.63) is 33.3 Å². The lowest BCUT2D eigenvalue weighted by atomic mass is 10.1. The lowest BCUT2D eigenvalue weighted by Gasteiger charge is -2.37. The van der Waals surface area contributed by atoms with E-state index in [1.165, 1.54) is 11.0 Å². The average Bonchev–Trinajstić information content (AvgIpc) is 3.57. The van der Waals surface area contributed by atoms with Crippen molar-refractivity contribution in [3.63, 3.8) is 0 Å². The summed E-state index contributed by atoms with van der Waals surface area (Å²) in [6.45, 7) is 3.46. The van der Waals surface area contributed by atoms with Crippen LogP contribution in [0.3, 0.4) is 0 Å². The number of carbonyl (C=O) groups excluding carboxylic acids is 6. The van der Waals surface area contributed by atoms with Crippen LogP contribution in [0.1, 0.15) is 22.7 Å². The number of likely N-dealkylation sites (N-methyl/N-ethyl adjacent to an activating group) is 1. The van der Waals surface area contributed by atoms with Crippen molar-refractivity contribution in [1.82, 2.24) is 34.4 Å².